The molecule has 0 spiro atoms. The van der Waals surface area contributed by atoms with Crippen molar-refractivity contribution in [3.63, 3.8) is 0 Å². The molecule has 0 aromatic rings. The molecule has 0 saturated carbocycles. The normalized spacial score (nSPS) is 25.0. The number of carbonyl (C=O) groups excluding carboxylic acids is 2. The molecule has 12 heavy (non-hydrogen) atoms. The number of amides is 3. The van der Waals surface area contributed by atoms with Crippen LogP contribution in [0, 0.1) is 0 Å². The Morgan fingerprint density at radius 3 is 2.67 bits per heavy atom. The van der Waals surface area contributed by atoms with E-state index in [1.807, 2.05) is 6.92 Å². The van der Waals surface area contributed by atoms with Crippen LogP contribution < -0.4 is 16.4 Å². The van der Waals surface area contributed by atoms with Gasteiger partial charge in [-0.1, -0.05) is 13.3 Å². The molecule has 5 heteroatoms. The van der Waals surface area contributed by atoms with Gasteiger partial charge in [0.05, 0.1) is 0 Å². The predicted molar refractivity (Wildman–Crippen MR) is 43.3 cm³/mol. The molecule has 1 heterocycles. The summed E-state index contributed by atoms with van der Waals surface area (Å²) in [5.74, 6) is -0.319. The van der Waals surface area contributed by atoms with Crippen LogP contribution in [0.25, 0.3) is 0 Å². The minimum absolute atomic E-state index is 0.276. The van der Waals surface area contributed by atoms with E-state index < -0.39 is 12.1 Å². The van der Waals surface area contributed by atoms with E-state index in [-0.39, 0.29) is 11.9 Å². The second kappa shape index (κ2) is 3.53. The van der Waals surface area contributed by atoms with Gasteiger partial charge >= 0.3 is 6.03 Å². The number of nitrogens with two attached hydrogens (primary N) is 1. The smallest absolute Gasteiger partial charge is 0.322 e. The molecule has 1 saturated heterocycles. The molecule has 1 rings (SSSR count). The Morgan fingerprint density at radius 1 is 1.58 bits per heavy atom. The predicted octanol–water partition coefficient (Wildman–Crippen LogP) is -0.678. The topological polar surface area (TPSA) is 84.2 Å². The van der Waals surface area contributed by atoms with E-state index in [1.54, 1.807) is 0 Å². The van der Waals surface area contributed by atoms with Gasteiger partial charge in [-0.05, 0) is 6.42 Å². The Bertz CT molecular complexity index is 205. The van der Waals surface area contributed by atoms with Gasteiger partial charge in [0, 0.05) is 6.04 Å². The summed E-state index contributed by atoms with van der Waals surface area (Å²) in [5, 5.41) is 4.60. The van der Waals surface area contributed by atoms with Crippen LogP contribution in [0.15, 0.2) is 0 Å². The van der Waals surface area contributed by atoms with E-state index in [0.29, 0.717) is 0 Å². The van der Waals surface area contributed by atoms with Gasteiger partial charge in [0.15, 0.2) is 0 Å². The summed E-state index contributed by atoms with van der Waals surface area (Å²) in [6.07, 6.45) is 1.64. The molecule has 3 amide bonds. The molecule has 0 aliphatic carbocycles. The largest absolute Gasteiger partial charge is 0.325 e. The molecular weight excluding hydrogens is 158 g/mol. The molecule has 1 aliphatic rings. The standard InChI is InChI=1S/C7H13N3O2/c1-2-3-4(8)5-6(11)10-7(12)9-5/h4-5H,2-3,8H2,1H3,(H2,9,10,11,12). The lowest BCUT2D eigenvalue weighted by molar-refractivity contribution is -0.120. The summed E-state index contributed by atoms with van der Waals surface area (Å²) >= 11 is 0. The summed E-state index contributed by atoms with van der Waals surface area (Å²) in [6, 6.07) is -1.27. The third-order valence-corrected chi connectivity index (χ3v) is 1.86. The van der Waals surface area contributed by atoms with Crippen LogP contribution in [0.3, 0.4) is 0 Å². The van der Waals surface area contributed by atoms with Gasteiger partial charge in [-0.15, -0.1) is 0 Å². The van der Waals surface area contributed by atoms with E-state index in [1.165, 1.54) is 0 Å². The number of hydrogen-bond donors (Lipinski definition) is 3. The van der Waals surface area contributed by atoms with Crippen molar-refractivity contribution in [3.05, 3.63) is 0 Å². The van der Waals surface area contributed by atoms with Crippen molar-refractivity contribution in [1.82, 2.24) is 10.6 Å². The Kier molecular flexibility index (Phi) is 2.65. The van der Waals surface area contributed by atoms with Crippen LogP contribution in [0.4, 0.5) is 4.79 Å². The fourth-order valence-electron chi connectivity index (χ4n) is 1.23. The van der Waals surface area contributed by atoms with E-state index >= 15 is 0 Å². The monoisotopic (exact) mass is 171 g/mol. The minimum Gasteiger partial charge on any atom is -0.325 e. The maximum absolute atomic E-state index is 11.0. The van der Waals surface area contributed by atoms with E-state index in [9.17, 15) is 9.59 Å². The first-order valence-corrected chi connectivity index (χ1v) is 4.02. The van der Waals surface area contributed by atoms with Gasteiger partial charge in [0.1, 0.15) is 6.04 Å². The van der Waals surface area contributed by atoms with Crippen LogP contribution in [-0.4, -0.2) is 24.0 Å². The zero-order valence-electron chi connectivity index (χ0n) is 6.96. The van der Waals surface area contributed by atoms with Gasteiger partial charge in [0.2, 0.25) is 0 Å². The highest BCUT2D eigenvalue weighted by Gasteiger charge is 2.33. The lowest BCUT2D eigenvalue weighted by atomic mass is 10.1. The van der Waals surface area contributed by atoms with Crippen molar-refractivity contribution in [2.24, 2.45) is 5.73 Å². The lowest BCUT2D eigenvalue weighted by Crippen LogP contribution is -2.46. The van der Waals surface area contributed by atoms with Crippen molar-refractivity contribution in [1.29, 1.82) is 0 Å². The first kappa shape index (κ1) is 8.99. The second-order valence-corrected chi connectivity index (χ2v) is 2.89. The average molecular weight is 171 g/mol. The summed E-state index contributed by atoms with van der Waals surface area (Å²) in [7, 11) is 0. The van der Waals surface area contributed by atoms with Gasteiger partial charge in [0.25, 0.3) is 5.91 Å². The number of imide groups is 1. The zero-order chi connectivity index (χ0) is 9.14. The van der Waals surface area contributed by atoms with Gasteiger partial charge in [-0.2, -0.15) is 0 Å². The third kappa shape index (κ3) is 1.73. The molecule has 2 atom stereocenters. The van der Waals surface area contributed by atoms with Crippen LogP contribution in [0.2, 0.25) is 0 Å². The van der Waals surface area contributed by atoms with Crippen LogP contribution in [0.1, 0.15) is 19.8 Å². The maximum atomic E-state index is 11.0. The van der Waals surface area contributed by atoms with Gasteiger partial charge in [-0.25, -0.2) is 4.79 Å². The Balaban J connectivity index is 2.51. The highest BCUT2D eigenvalue weighted by Crippen LogP contribution is 2.03. The van der Waals surface area contributed by atoms with Gasteiger partial charge < -0.3 is 11.1 Å². The molecule has 0 aromatic heterocycles. The number of carbonyl (C=O) groups is 2. The molecule has 0 bridgehead atoms. The van der Waals surface area contributed by atoms with E-state index in [0.717, 1.165) is 12.8 Å². The Labute approximate surface area is 70.7 Å². The zero-order valence-corrected chi connectivity index (χ0v) is 6.96. The van der Waals surface area contributed by atoms with Crippen LogP contribution >= 0.6 is 0 Å². The number of hydrogen-bond acceptors (Lipinski definition) is 3. The average Bonchev–Trinajstić information content (AvgIpc) is 2.30. The number of urea groups is 1. The Hall–Kier alpha value is -1.10. The molecule has 68 valence electrons. The molecule has 5 nitrogen and oxygen atoms in total. The third-order valence-electron chi connectivity index (χ3n) is 1.86. The molecular formula is C7H13N3O2. The summed E-state index contributed by atoms with van der Waals surface area (Å²) in [6.45, 7) is 1.98. The van der Waals surface area contributed by atoms with Crippen LogP contribution in [-0.2, 0) is 4.79 Å². The maximum Gasteiger partial charge on any atom is 0.322 e. The molecule has 4 N–H and O–H groups in total. The molecule has 0 radical (unpaired) electrons. The van der Waals surface area contributed by atoms with Gasteiger partial charge in [-0.3, -0.25) is 10.1 Å². The van der Waals surface area contributed by atoms with E-state index in [4.69, 9.17) is 5.73 Å². The SMILES string of the molecule is CCCC(N)C1NC(=O)NC1=O. The van der Waals surface area contributed by atoms with Crippen molar-refractivity contribution in [2.45, 2.75) is 31.8 Å². The summed E-state index contributed by atoms with van der Waals surface area (Å²) in [5.41, 5.74) is 5.67. The van der Waals surface area contributed by atoms with Crippen molar-refractivity contribution >= 4 is 11.9 Å². The molecule has 1 aliphatic heterocycles. The molecule has 0 aromatic carbocycles. The minimum atomic E-state index is -0.544. The van der Waals surface area contributed by atoms with Crippen molar-refractivity contribution in [3.8, 4) is 0 Å². The number of rotatable bonds is 3. The van der Waals surface area contributed by atoms with E-state index in [2.05, 4.69) is 10.6 Å². The Morgan fingerprint density at radius 2 is 2.25 bits per heavy atom. The second-order valence-electron chi connectivity index (χ2n) is 2.89. The number of nitrogens with one attached hydrogen (secondary N) is 2. The fourth-order valence-corrected chi connectivity index (χ4v) is 1.23. The highest BCUT2D eigenvalue weighted by molar-refractivity contribution is 6.04. The summed E-state index contributed by atoms with van der Waals surface area (Å²) < 4.78 is 0. The highest BCUT2D eigenvalue weighted by atomic mass is 16.2. The quantitative estimate of drug-likeness (QED) is 0.492. The van der Waals surface area contributed by atoms with Crippen LogP contribution in [0.5, 0.6) is 0 Å². The fraction of sp³-hybridized carbons (Fsp3) is 0.714. The molecule has 2 unspecified atom stereocenters. The lowest BCUT2D eigenvalue weighted by Gasteiger charge is -2.14. The van der Waals surface area contributed by atoms with Crippen molar-refractivity contribution < 1.29 is 9.59 Å². The molecule has 1 fully saturated rings. The first-order valence-electron chi connectivity index (χ1n) is 4.02. The first-order chi connectivity index (χ1) is 5.65. The van der Waals surface area contributed by atoms with Crippen molar-refractivity contribution in [2.75, 3.05) is 0 Å². The summed E-state index contributed by atoms with van der Waals surface area (Å²) in [4.78, 5) is 21.7.